The number of aliphatic hydroxyl groups excluding tert-OH is 1. The molecule has 0 aromatic carbocycles. The molecule has 1 rings (SSSR count). The van der Waals surface area contributed by atoms with E-state index in [4.69, 9.17) is 14.6 Å². The van der Waals surface area contributed by atoms with E-state index in [1.165, 1.54) is 25.3 Å². The molecule has 0 saturated carbocycles. The summed E-state index contributed by atoms with van der Waals surface area (Å²) in [4.78, 5) is 22.0. The highest BCUT2D eigenvalue weighted by molar-refractivity contribution is 5.94. The summed E-state index contributed by atoms with van der Waals surface area (Å²) in [5.41, 5.74) is 0. The van der Waals surface area contributed by atoms with Crippen molar-refractivity contribution in [2.45, 2.75) is 19.1 Å². The maximum Gasteiger partial charge on any atom is 0.328 e. The fraction of sp³-hybridized carbons (Fsp3) is 0.333. The number of aliphatic hydroxyl groups is 1. The second kappa shape index (κ2) is 4.61. The second-order valence-corrected chi connectivity index (χ2v) is 3.01. The molecule has 2 unspecified atom stereocenters. The summed E-state index contributed by atoms with van der Waals surface area (Å²) in [5.74, 6) is -1.97. The predicted octanol–water partition coefficient (Wildman–Crippen LogP) is -0.157. The van der Waals surface area contributed by atoms with Crippen LogP contribution in [0.4, 0.5) is 0 Å². The zero-order valence-corrected chi connectivity index (χ0v) is 8.01. The van der Waals surface area contributed by atoms with Gasteiger partial charge in [0.1, 0.15) is 0 Å². The van der Waals surface area contributed by atoms with Gasteiger partial charge in [0, 0.05) is 0 Å². The lowest BCUT2D eigenvalue weighted by Crippen LogP contribution is -2.47. The van der Waals surface area contributed by atoms with Gasteiger partial charge in [-0.25, -0.2) is 4.79 Å². The van der Waals surface area contributed by atoms with Crippen LogP contribution in [0.25, 0.3) is 0 Å². The van der Waals surface area contributed by atoms with Gasteiger partial charge in [0.05, 0.1) is 12.4 Å². The van der Waals surface area contributed by atoms with Gasteiger partial charge >= 0.3 is 5.97 Å². The third kappa shape index (κ3) is 2.81. The number of rotatable bonds is 4. The Hall–Kier alpha value is -1.82. The number of nitrogens with one attached hydrogen (secondary N) is 1. The van der Waals surface area contributed by atoms with Crippen molar-refractivity contribution >= 4 is 11.9 Å². The van der Waals surface area contributed by atoms with E-state index in [0.29, 0.717) is 0 Å². The maximum absolute atomic E-state index is 11.3. The largest absolute Gasteiger partial charge is 0.480 e. The van der Waals surface area contributed by atoms with Crippen LogP contribution in [-0.4, -0.2) is 34.2 Å². The van der Waals surface area contributed by atoms with Crippen LogP contribution in [0.15, 0.2) is 22.8 Å². The lowest BCUT2D eigenvalue weighted by atomic mass is 10.2. The average molecular weight is 213 g/mol. The van der Waals surface area contributed by atoms with Gasteiger partial charge in [0.15, 0.2) is 11.8 Å². The monoisotopic (exact) mass is 213 g/mol. The van der Waals surface area contributed by atoms with Gasteiger partial charge in [0.2, 0.25) is 0 Å². The van der Waals surface area contributed by atoms with Gasteiger partial charge < -0.3 is 19.9 Å². The average Bonchev–Trinajstić information content (AvgIpc) is 2.65. The number of carbonyl (C=O) groups excluding carboxylic acids is 1. The topological polar surface area (TPSA) is 99.8 Å². The molecule has 1 aromatic rings. The smallest absolute Gasteiger partial charge is 0.328 e. The molecule has 0 spiro atoms. The van der Waals surface area contributed by atoms with Crippen molar-refractivity contribution in [3.63, 3.8) is 0 Å². The van der Waals surface area contributed by atoms with Gasteiger partial charge in [-0.05, 0) is 19.1 Å². The van der Waals surface area contributed by atoms with Crippen LogP contribution >= 0.6 is 0 Å². The molecule has 15 heavy (non-hydrogen) atoms. The Balaban J connectivity index is 2.67. The van der Waals surface area contributed by atoms with Crippen molar-refractivity contribution < 1.29 is 24.2 Å². The first kappa shape index (κ1) is 11.3. The first-order valence-corrected chi connectivity index (χ1v) is 4.27. The second-order valence-electron chi connectivity index (χ2n) is 3.01. The fourth-order valence-electron chi connectivity index (χ4n) is 1.01. The summed E-state index contributed by atoms with van der Waals surface area (Å²) >= 11 is 0. The standard InChI is InChI=1S/C9H11NO5/c1-5(11)7(9(13)14)10-8(12)6-3-2-4-15-6/h2-5,7,11H,1H3,(H,10,12)(H,13,14). The number of hydrogen-bond acceptors (Lipinski definition) is 4. The molecule has 2 atom stereocenters. The van der Waals surface area contributed by atoms with Crippen molar-refractivity contribution in [3.8, 4) is 0 Å². The Kier molecular flexibility index (Phi) is 3.46. The molecule has 0 bridgehead atoms. The third-order valence-electron chi connectivity index (χ3n) is 1.78. The van der Waals surface area contributed by atoms with E-state index in [-0.39, 0.29) is 5.76 Å². The number of carboxylic acids is 1. The Morgan fingerprint density at radius 2 is 2.20 bits per heavy atom. The Morgan fingerprint density at radius 3 is 2.60 bits per heavy atom. The molecule has 82 valence electrons. The van der Waals surface area contributed by atoms with Crippen molar-refractivity contribution in [3.05, 3.63) is 24.2 Å². The highest BCUT2D eigenvalue weighted by Gasteiger charge is 2.26. The van der Waals surface area contributed by atoms with Crippen LogP contribution in [-0.2, 0) is 4.79 Å². The van der Waals surface area contributed by atoms with E-state index in [9.17, 15) is 9.59 Å². The van der Waals surface area contributed by atoms with E-state index in [1.807, 2.05) is 0 Å². The zero-order valence-electron chi connectivity index (χ0n) is 8.01. The van der Waals surface area contributed by atoms with E-state index >= 15 is 0 Å². The minimum absolute atomic E-state index is 0.00176. The van der Waals surface area contributed by atoms with Gasteiger partial charge in [0.25, 0.3) is 5.91 Å². The van der Waals surface area contributed by atoms with E-state index < -0.39 is 24.0 Å². The summed E-state index contributed by atoms with van der Waals surface area (Å²) in [6, 6.07) is 1.56. The Bertz CT molecular complexity index is 343. The van der Waals surface area contributed by atoms with Crippen LogP contribution < -0.4 is 5.32 Å². The number of carboxylic acid groups (broad SMARTS) is 1. The molecule has 0 aliphatic carbocycles. The summed E-state index contributed by atoms with van der Waals surface area (Å²) in [6.45, 7) is 1.28. The van der Waals surface area contributed by atoms with E-state index in [1.54, 1.807) is 0 Å². The maximum atomic E-state index is 11.3. The Labute approximate surface area is 85.5 Å². The van der Waals surface area contributed by atoms with Crippen LogP contribution in [0.5, 0.6) is 0 Å². The van der Waals surface area contributed by atoms with E-state index in [2.05, 4.69) is 5.32 Å². The first-order valence-electron chi connectivity index (χ1n) is 4.27. The third-order valence-corrected chi connectivity index (χ3v) is 1.78. The van der Waals surface area contributed by atoms with Crippen LogP contribution in [0, 0.1) is 0 Å². The molecule has 1 amide bonds. The molecule has 0 aliphatic heterocycles. The molecule has 1 heterocycles. The van der Waals surface area contributed by atoms with Gasteiger partial charge in [-0.3, -0.25) is 4.79 Å². The predicted molar refractivity (Wildman–Crippen MR) is 49.3 cm³/mol. The minimum atomic E-state index is -1.34. The zero-order chi connectivity index (χ0) is 11.4. The molecular weight excluding hydrogens is 202 g/mol. The quantitative estimate of drug-likeness (QED) is 0.645. The normalized spacial score (nSPS) is 14.3. The highest BCUT2D eigenvalue weighted by Crippen LogP contribution is 2.01. The van der Waals surface area contributed by atoms with Crippen LogP contribution in [0.2, 0.25) is 0 Å². The Morgan fingerprint density at radius 1 is 1.53 bits per heavy atom. The SMILES string of the molecule is CC(O)C(NC(=O)c1ccco1)C(=O)O. The molecule has 6 nitrogen and oxygen atoms in total. The highest BCUT2D eigenvalue weighted by atomic mass is 16.4. The van der Waals surface area contributed by atoms with Crippen molar-refractivity contribution in [1.82, 2.24) is 5.32 Å². The summed E-state index contributed by atoms with van der Waals surface area (Å²) in [7, 11) is 0. The van der Waals surface area contributed by atoms with Gasteiger partial charge in [-0.1, -0.05) is 0 Å². The minimum Gasteiger partial charge on any atom is -0.480 e. The number of aliphatic carboxylic acids is 1. The lowest BCUT2D eigenvalue weighted by molar-refractivity contribution is -0.141. The van der Waals surface area contributed by atoms with Crippen molar-refractivity contribution in [2.24, 2.45) is 0 Å². The van der Waals surface area contributed by atoms with Crippen molar-refractivity contribution in [2.75, 3.05) is 0 Å². The first-order chi connectivity index (χ1) is 7.02. The lowest BCUT2D eigenvalue weighted by Gasteiger charge is -2.15. The number of carbonyl (C=O) groups is 2. The number of amides is 1. The summed E-state index contributed by atoms with van der Waals surface area (Å²) in [5, 5.41) is 19.9. The molecular formula is C9H11NO5. The molecule has 0 fully saturated rings. The van der Waals surface area contributed by atoms with Gasteiger partial charge in [-0.15, -0.1) is 0 Å². The molecule has 3 N–H and O–H groups in total. The van der Waals surface area contributed by atoms with E-state index in [0.717, 1.165) is 0 Å². The molecule has 1 aromatic heterocycles. The summed E-state index contributed by atoms with van der Waals surface area (Å²) in [6.07, 6.45) is 0.119. The molecule has 0 radical (unpaired) electrons. The molecule has 0 saturated heterocycles. The number of furan rings is 1. The molecule has 6 heteroatoms. The molecule has 0 aliphatic rings. The summed E-state index contributed by atoms with van der Waals surface area (Å²) < 4.78 is 4.77. The van der Waals surface area contributed by atoms with Crippen LogP contribution in [0.1, 0.15) is 17.5 Å². The van der Waals surface area contributed by atoms with Gasteiger partial charge in [-0.2, -0.15) is 0 Å². The number of hydrogen-bond donors (Lipinski definition) is 3. The fourth-order valence-corrected chi connectivity index (χ4v) is 1.01. The van der Waals surface area contributed by atoms with Crippen molar-refractivity contribution in [1.29, 1.82) is 0 Å². The van der Waals surface area contributed by atoms with Crippen LogP contribution in [0.3, 0.4) is 0 Å².